The number of para-hydroxylation sites is 4. The minimum absolute atomic E-state index is 0.619. The summed E-state index contributed by atoms with van der Waals surface area (Å²) in [6, 6.07) is 101. The lowest BCUT2D eigenvalue weighted by molar-refractivity contribution is 1.15. The maximum absolute atomic E-state index is 8.26. The highest BCUT2D eigenvalue weighted by Gasteiger charge is 2.41. The fourth-order valence-corrected chi connectivity index (χ4v) is 16.3. The van der Waals surface area contributed by atoms with Gasteiger partial charge >= 0.3 is 0 Å². The average Bonchev–Trinajstić information content (AvgIpc) is 3.79. The normalized spacial score (nSPS) is 11.5. The molecule has 350 valence electrons. The number of fused-ring (bicyclic) bond motifs is 3. The van der Waals surface area contributed by atoms with Gasteiger partial charge in [-0.15, -0.1) is 0 Å². The highest BCUT2D eigenvalue weighted by atomic mass is 35.5. The lowest BCUT2D eigenvalue weighted by atomic mass is 9.97. The van der Waals surface area contributed by atoms with Crippen LogP contribution in [0.2, 0.25) is 5.02 Å². The van der Waals surface area contributed by atoms with Crippen LogP contribution in [0.15, 0.2) is 279 Å². The second-order valence-electron chi connectivity index (χ2n) is 18.7. The third-order valence-electron chi connectivity index (χ3n) is 14.4. The van der Waals surface area contributed by atoms with Crippen molar-refractivity contribution in [1.29, 1.82) is 0 Å². The van der Waals surface area contributed by atoms with E-state index in [-0.39, 0.29) is 0 Å². The summed E-state index contributed by atoms with van der Waals surface area (Å²) in [4.78, 5) is 4.71. The third-order valence-corrected chi connectivity index (χ3v) is 19.6. The molecule has 0 aliphatic carbocycles. The molecule has 73 heavy (non-hydrogen) atoms. The zero-order chi connectivity index (χ0) is 49.3. The van der Waals surface area contributed by atoms with Gasteiger partial charge in [-0.25, -0.2) is 0 Å². The molecule has 0 atom stereocenters. The number of rotatable bonds is 12. The Morgan fingerprint density at radius 1 is 0.342 bits per heavy atom. The van der Waals surface area contributed by atoms with Crippen LogP contribution in [0.25, 0.3) is 38.6 Å². The number of benzene rings is 11. The van der Waals surface area contributed by atoms with Gasteiger partial charge in [-0.3, -0.25) is 0 Å². The molecule has 0 radical (unpaired) electrons. The van der Waals surface area contributed by atoms with Crippen LogP contribution < -0.4 is 30.5 Å². The van der Waals surface area contributed by atoms with Crippen molar-refractivity contribution in [2.24, 2.45) is 0 Å². The lowest BCUT2D eigenvalue weighted by Crippen LogP contribution is -2.74. The Morgan fingerprint density at radius 3 is 1.15 bits per heavy atom. The second-order valence-corrected chi connectivity index (χ2v) is 22.9. The Labute approximate surface area is 434 Å². The molecule has 0 aliphatic rings. The molecule has 0 N–H and O–H groups in total. The molecule has 0 saturated heterocycles. The van der Waals surface area contributed by atoms with Gasteiger partial charge in [0, 0.05) is 27.8 Å². The molecular weight excluding hydrogens is 922 g/mol. The number of halogens is 1. The summed E-state index contributed by atoms with van der Waals surface area (Å²) in [6.07, 6.45) is 0. The summed E-state index contributed by atoms with van der Waals surface area (Å²) >= 11 is 8.26. The first-order valence-corrected chi connectivity index (χ1v) is 27.3. The molecular formula is C68H52ClN3Si. The summed E-state index contributed by atoms with van der Waals surface area (Å²) in [6.45, 7) is 4.47. The predicted octanol–water partition coefficient (Wildman–Crippen LogP) is 16.0. The predicted molar refractivity (Wildman–Crippen MR) is 314 cm³/mol. The molecule has 0 unspecified atom stereocenters. The van der Waals surface area contributed by atoms with E-state index in [0.717, 1.165) is 62.0 Å². The Kier molecular flexibility index (Phi) is 12.1. The molecule has 0 bridgehead atoms. The fourth-order valence-electron chi connectivity index (χ4n) is 11.2. The van der Waals surface area contributed by atoms with Crippen LogP contribution >= 0.6 is 11.6 Å². The molecule has 0 aliphatic heterocycles. The average molecular weight is 975 g/mol. The molecule has 12 aromatic rings. The molecule has 0 amide bonds. The smallest absolute Gasteiger partial charge is 0.179 e. The van der Waals surface area contributed by atoms with Gasteiger partial charge in [0.1, 0.15) is 0 Å². The van der Waals surface area contributed by atoms with E-state index in [2.05, 4.69) is 307 Å². The number of aromatic nitrogens is 1. The number of hydrogen-bond donors (Lipinski definition) is 0. The molecule has 5 heteroatoms. The number of aryl methyl sites for hydroxylation is 2. The fraction of sp³-hybridized carbons (Fsp3) is 0.0294. The van der Waals surface area contributed by atoms with Crippen molar-refractivity contribution in [3.05, 3.63) is 295 Å². The largest absolute Gasteiger partial charge is 0.309 e. The standard InChI is InChI=1S/C68H52ClN3Si/c1-49-45-52(51-25-9-3-10-26-51)46-50(2)68(49)72(55-41-43-60(44-42-55)73(57-31-15-6-16-32-57,58-33-17-7-18-34-58)59-35-19-8-20-36-59)66-48-56(71-63-39-23-21-37-61(63)62-38-22-24-40-64(62)71)47-65(67(66)69)70(53-27-11-4-12-28-53)54-29-13-5-14-30-54/h3-48H,1-2H3. The SMILES string of the molecule is Cc1cc(-c2ccccc2)cc(C)c1N(c1ccc([Si](c2ccccc2)(c2ccccc2)c2ccccc2)cc1)c1cc(-n2c3ccccc3c3ccccc32)cc(N(c2ccccc2)c2ccccc2)c1Cl. The van der Waals surface area contributed by atoms with Crippen molar-refractivity contribution in [3.63, 3.8) is 0 Å². The number of hydrogen-bond acceptors (Lipinski definition) is 2. The van der Waals surface area contributed by atoms with E-state index in [1.807, 2.05) is 0 Å². The van der Waals surface area contributed by atoms with E-state index in [1.54, 1.807) is 0 Å². The van der Waals surface area contributed by atoms with E-state index < -0.39 is 8.07 Å². The molecule has 11 aromatic carbocycles. The van der Waals surface area contributed by atoms with Crippen LogP contribution in [0.1, 0.15) is 11.1 Å². The van der Waals surface area contributed by atoms with E-state index >= 15 is 0 Å². The minimum atomic E-state index is -2.84. The first-order valence-electron chi connectivity index (χ1n) is 25.0. The summed E-state index contributed by atoms with van der Waals surface area (Å²) < 4.78 is 2.40. The van der Waals surface area contributed by atoms with E-state index in [1.165, 1.54) is 42.6 Å². The Balaban J connectivity index is 1.16. The molecule has 1 aromatic heterocycles. The summed E-state index contributed by atoms with van der Waals surface area (Å²) in [5.41, 5.74) is 13.6. The zero-order valence-corrected chi connectivity index (χ0v) is 42.5. The third kappa shape index (κ3) is 8.11. The van der Waals surface area contributed by atoms with Gasteiger partial charge in [-0.1, -0.05) is 218 Å². The monoisotopic (exact) mass is 973 g/mol. The van der Waals surface area contributed by atoms with Gasteiger partial charge in [0.2, 0.25) is 0 Å². The highest BCUT2D eigenvalue weighted by Crippen LogP contribution is 2.50. The lowest BCUT2D eigenvalue weighted by Gasteiger charge is -2.36. The van der Waals surface area contributed by atoms with Crippen molar-refractivity contribution in [3.8, 4) is 16.8 Å². The van der Waals surface area contributed by atoms with Crippen molar-refractivity contribution in [2.75, 3.05) is 9.80 Å². The molecule has 0 fully saturated rings. The maximum atomic E-state index is 8.26. The van der Waals surface area contributed by atoms with Crippen LogP contribution in [0, 0.1) is 13.8 Å². The molecule has 12 rings (SSSR count). The van der Waals surface area contributed by atoms with Crippen LogP contribution in [0.4, 0.5) is 34.1 Å². The van der Waals surface area contributed by atoms with Gasteiger partial charge in [-0.05, 0) is 130 Å². The van der Waals surface area contributed by atoms with Crippen molar-refractivity contribution in [1.82, 2.24) is 4.57 Å². The van der Waals surface area contributed by atoms with E-state index in [0.29, 0.717) is 5.02 Å². The van der Waals surface area contributed by atoms with E-state index in [4.69, 9.17) is 11.6 Å². The Hall–Kier alpha value is -8.67. The van der Waals surface area contributed by atoms with Crippen LogP contribution in [0.5, 0.6) is 0 Å². The van der Waals surface area contributed by atoms with Crippen molar-refractivity contribution in [2.45, 2.75) is 13.8 Å². The van der Waals surface area contributed by atoms with Gasteiger partial charge in [0.05, 0.1) is 38.8 Å². The van der Waals surface area contributed by atoms with Crippen LogP contribution in [0.3, 0.4) is 0 Å². The highest BCUT2D eigenvalue weighted by molar-refractivity contribution is 7.19. The first-order chi connectivity index (χ1) is 36.0. The van der Waals surface area contributed by atoms with Crippen molar-refractivity contribution >= 4 is 96.4 Å². The van der Waals surface area contributed by atoms with Gasteiger partial charge < -0.3 is 14.4 Å². The van der Waals surface area contributed by atoms with Crippen LogP contribution in [-0.2, 0) is 0 Å². The molecule has 0 saturated carbocycles. The Bertz CT molecular complexity index is 3650. The zero-order valence-electron chi connectivity index (χ0n) is 40.8. The first kappa shape index (κ1) is 45.5. The maximum Gasteiger partial charge on any atom is 0.179 e. The molecule has 0 spiro atoms. The number of nitrogens with zero attached hydrogens (tertiary/aromatic N) is 3. The number of anilines is 6. The second kappa shape index (κ2) is 19.5. The van der Waals surface area contributed by atoms with E-state index in [9.17, 15) is 0 Å². The van der Waals surface area contributed by atoms with Gasteiger partial charge in [0.15, 0.2) is 8.07 Å². The quantitative estimate of drug-likeness (QED) is 0.0893. The molecule has 1 heterocycles. The van der Waals surface area contributed by atoms with Gasteiger partial charge in [-0.2, -0.15) is 0 Å². The van der Waals surface area contributed by atoms with Crippen LogP contribution in [-0.4, -0.2) is 12.6 Å². The van der Waals surface area contributed by atoms with Gasteiger partial charge in [0.25, 0.3) is 0 Å². The van der Waals surface area contributed by atoms with Crippen molar-refractivity contribution < 1.29 is 0 Å². The minimum Gasteiger partial charge on any atom is -0.309 e. The topological polar surface area (TPSA) is 11.4 Å². The summed E-state index contributed by atoms with van der Waals surface area (Å²) in [5.74, 6) is 0. The summed E-state index contributed by atoms with van der Waals surface area (Å²) in [5, 5.41) is 8.28. The Morgan fingerprint density at radius 2 is 0.699 bits per heavy atom. The molecule has 3 nitrogen and oxygen atoms in total. The summed E-state index contributed by atoms with van der Waals surface area (Å²) in [7, 11) is -2.84.